The molecule has 102 valence electrons. The molecule has 0 aliphatic heterocycles. The van der Waals surface area contributed by atoms with E-state index in [4.69, 9.17) is 10.5 Å². The molecule has 0 spiro atoms. The van der Waals surface area contributed by atoms with Crippen LogP contribution in [0.25, 0.3) is 0 Å². The first-order chi connectivity index (χ1) is 8.35. The first kappa shape index (κ1) is 15.0. The van der Waals surface area contributed by atoms with Crippen LogP contribution < -0.4 is 10.5 Å². The molecule has 3 N–H and O–H groups in total. The van der Waals surface area contributed by atoms with Gasteiger partial charge in [-0.25, -0.2) is 0 Å². The number of benzene rings is 1. The van der Waals surface area contributed by atoms with E-state index in [0.29, 0.717) is 0 Å². The van der Waals surface area contributed by atoms with Crippen molar-refractivity contribution >= 4 is 0 Å². The molecule has 1 unspecified atom stereocenters. The maximum Gasteiger partial charge on any atom is 0.128 e. The Morgan fingerprint density at radius 3 is 2.33 bits per heavy atom. The molecule has 1 rings (SSSR count). The third-order valence-electron chi connectivity index (χ3n) is 3.18. The lowest BCUT2D eigenvalue weighted by Crippen LogP contribution is -2.18. The van der Waals surface area contributed by atoms with Gasteiger partial charge in [0.25, 0.3) is 0 Å². The van der Waals surface area contributed by atoms with Crippen LogP contribution in [0.2, 0.25) is 0 Å². The monoisotopic (exact) mass is 251 g/mol. The van der Waals surface area contributed by atoms with Gasteiger partial charge in [-0.15, -0.1) is 0 Å². The number of methoxy groups -OCH3 is 1. The summed E-state index contributed by atoms with van der Waals surface area (Å²) in [5.41, 5.74) is 8.66. The SMILES string of the molecule is CCc1cc(C(O)CN)c(OC)c(C(C)(C)C)c1. The van der Waals surface area contributed by atoms with Crippen molar-refractivity contribution in [2.75, 3.05) is 13.7 Å². The van der Waals surface area contributed by atoms with Gasteiger partial charge >= 0.3 is 0 Å². The fourth-order valence-electron chi connectivity index (χ4n) is 2.08. The first-order valence-corrected chi connectivity index (χ1v) is 6.44. The van der Waals surface area contributed by atoms with Gasteiger partial charge in [-0.1, -0.05) is 33.8 Å². The van der Waals surface area contributed by atoms with Gasteiger partial charge in [-0.05, 0) is 23.5 Å². The average molecular weight is 251 g/mol. The van der Waals surface area contributed by atoms with Crippen LogP contribution in [0.3, 0.4) is 0 Å². The lowest BCUT2D eigenvalue weighted by molar-refractivity contribution is 0.181. The van der Waals surface area contributed by atoms with Gasteiger partial charge in [0, 0.05) is 17.7 Å². The number of nitrogens with two attached hydrogens (primary N) is 1. The van der Waals surface area contributed by atoms with Gasteiger partial charge in [-0.3, -0.25) is 0 Å². The summed E-state index contributed by atoms with van der Waals surface area (Å²) < 4.78 is 5.51. The summed E-state index contributed by atoms with van der Waals surface area (Å²) >= 11 is 0. The molecule has 0 aliphatic rings. The van der Waals surface area contributed by atoms with Crippen LogP contribution in [0.4, 0.5) is 0 Å². The minimum atomic E-state index is -0.674. The van der Waals surface area contributed by atoms with E-state index in [0.717, 1.165) is 23.3 Å². The molecule has 0 saturated heterocycles. The van der Waals surface area contributed by atoms with Gasteiger partial charge in [-0.2, -0.15) is 0 Å². The Hall–Kier alpha value is -1.06. The summed E-state index contributed by atoms with van der Waals surface area (Å²) in [4.78, 5) is 0. The summed E-state index contributed by atoms with van der Waals surface area (Å²) in [6.45, 7) is 8.73. The fraction of sp³-hybridized carbons (Fsp3) is 0.600. The number of hydrogen-bond acceptors (Lipinski definition) is 3. The number of rotatable bonds is 4. The highest BCUT2D eigenvalue weighted by molar-refractivity contribution is 5.49. The maximum atomic E-state index is 10.0. The van der Waals surface area contributed by atoms with Crippen molar-refractivity contribution in [3.8, 4) is 5.75 Å². The molecule has 0 fully saturated rings. The molecule has 0 amide bonds. The molecule has 18 heavy (non-hydrogen) atoms. The Kier molecular flexibility index (Phi) is 4.77. The highest BCUT2D eigenvalue weighted by Gasteiger charge is 2.24. The predicted octanol–water partition coefficient (Wildman–Crippen LogP) is 2.55. The van der Waals surface area contributed by atoms with Crippen molar-refractivity contribution in [2.45, 2.75) is 45.6 Å². The van der Waals surface area contributed by atoms with E-state index in [2.05, 4.69) is 33.8 Å². The molecule has 0 aliphatic carbocycles. The smallest absolute Gasteiger partial charge is 0.128 e. The van der Waals surface area contributed by atoms with E-state index in [-0.39, 0.29) is 12.0 Å². The second-order valence-electron chi connectivity index (χ2n) is 5.62. The van der Waals surface area contributed by atoms with E-state index in [9.17, 15) is 5.11 Å². The van der Waals surface area contributed by atoms with Crippen LogP contribution in [0, 0.1) is 0 Å². The molecule has 1 aromatic rings. The minimum Gasteiger partial charge on any atom is -0.496 e. The summed E-state index contributed by atoms with van der Waals surface area (Å²) in [5, 5.41) is 10.0. The normalized spacial score (nSPS) is 13.5. The molecule has 0 heterocycles. The third-order valence-corrected chi connectivity index (χ3v) is 3.18. The number of hydrogen-bond donors (Lipinski definition) is 2. The highest BCUT2D eigenvalue weighted by Crippen LogP contribution is 2.37. The zero-order chi connectivity index (χ0) is 13.9. The van der Waals surface area contributed by atoms with Crippen molar-refractivity contribution in [3.63, 3.8) is 0 Å². The minimum absolute atomic E-state index is 0.0282. The molecule has 0 bridgehead atoms. The molecule has 0 radical (unpaired) electrons. The van der Waals surface area contributed by atoms with Crippen LogP contribution in [-0.2, 0) is 11.8 Å². The molecule has 3 heteroatoms. The van der Waals surface area contributed by atoms with Crippen LogP contribution >= 0.6 is 0 Å². The predicted molar refractivity (Wildman–Crippen MR) is 75.1 cm³/mol. The van der Waals surface area contributed by atoms with E-state index in [1.807, 2.05) is 6.07 Å². The molecule has 0 aromatic heterocycles. The van der Waals surface area contributed by atoms with Crippen molar-refractivity contribution in [1.29, 1.82) is 0 Å². The van der Waals surface area contributed by atoms with Crippen molar-refractivity contribution < 1.29 is 9.84 Å². The highest BCUT2D eigenvalue weighted by atomic mass is 16.5. The van der Waals surface area contributed by atoms with Crippen LogP contribution in [0.1, 0.15) is 50.5 Å². The Morgan fingerprint density at radius 2 is 1.94 bits per heavy atom. The zero-order valence-corrected chi connectivity index (χ0v) is 12.1. The largest absolute Gasteiger partial charge is 0.496 e. The van der Waals surface area contributed by atoms with Gasteiger partial charge in [0.15, 0.2) is 0 Å². The summed E-state index contributed by atoms with van der Waals surface area (Å²) in [6, 6.07) is 4.15. The van der Waals surface area contributed by atoms with E-state index < -0.39 is 6.10 Å². The third kappa shape index (κ3) is 3.03. The quantitative estimate of drug-likeness (QED) is 0.864. The second kappa shape index (κ2) is 5.72. The number of aliphatic hydroxyl groups excluding tert-OH is 1. The maximum absolute atomic E-state index is 10.0. The van der Waals surface area contributed by atoms with Crippen LogP contribution in [0.5, 0.6) is 5.75 Å². The average Bonchev–Trinajstić information content (AvgIpc) is 2.34. The van der Waals surface area contributed by atoms with Crippen molar-refractivity contribution in [3.05, 3.63) is 28.8 Å². The molecule has 3 nitrogen and oxygen atoms in total. The Bertz CT molecular complexity index is 408. The van der Waals surface area contributed by atoms with E-state index in [1.54, 1.807) is 7.11 Å². The van der Waals surface area contributed by atoms with Gasteiger partial charge in [0.2, 0.25) is 0 Å². The lowest BCUT2D eigenvalue weighted by Gasteiger charge is -2.26. The molecule has 1 atom stereocenters. The van der Waals surface area contributed by atoms with Crippen molar-refractivity contribution in [1.82, 2.24) is 0 Å². The molecule has 0 saturated carbocycles. The Morgan fingerprint density at radius 1 is 1.33 bits per heavy atom. The van der Waals surface area contributed by atoms with Crippen molar-refractivity contribution in [2.24, 2.45) is 5.73 Å². The Balaban J connectivity index is 3.50. The van der Waals surface area contributed by atoms with Gasteiger partial charge < -0.3 is 15.6 Å². The summed E-state index contributed by atoms with van der Waals surface area (Å²) in [6.07, 6.45) is 0.254. The summed E-state index contributed by atoms with van der Waals surface area (Å²) in [7, 11) is 1.64. The van der Waals surface area contributed by atoms with E-state index in [1.165, 1.54) is 5.56 Å². The van der Waals surface area contributed by atoms with Crippen LogP contribution in [0.15, 0.2) is 12.1 Å². The van der Waals surface area contributed by atoms with Crippen LogP contribution in [-0.4, -0.2) is 18.8 Å². The number of aryl methyl sites for hydroxylation is 1. The molecular formula is C15H25NO2. The standard InChI is InChI=1S/C15H25NO2/c1-6-10-7-11(13(17)9-16)14(18-5)12(8-10)15(2,3)4/h7-8,13,17H,6,9,16H2,1-5H3. The Labute approximate surface area is 110 Å². The first-order valence-electron chi connectivity index (χ1n) is 6.44. The zero-order valence-electron chi connectivity index (χ0n) is 12.1. The fourth-order valence-corrected chi connectivity index (χ4v) is 2.08. The number of aliphatic hydroxyl groups is 1. The van der Waals surface area contributed by atoms with E-state index >= 15 is 0 Å². The number of ether oxygens (including phenoxy) is 1. The molecular weight excluding hydrogens is 226 g/mol. The van der Waals surface area contributed by atoms with Gasteiger partial charge in [0.05, 0.1) is 13.2 Å². The lowest BCUT2D eigenvalue weighted by atomic mass is 9.83. The second-order valence-corrected chi connectivity index (χ2v) is 5.62. The topological polar surface area (TPSA) is 55.5 Å². The molecule has 1 aromatic carbocycles. The summed E-state index contributed by atoms with van der Waals surface area (Å²) in [5.74, 6) is 0.762. The van der Waals surface area contributed by atoms with Gasteiger partial charge in [0.1, 0.15) is 5.75 Å².